The summed E-state index contributed by atoms with van der Waals surface area (Å²) in [6.07, 6.45) is 3.66. The molecule has 1 amide bonds. The maximum Gasteiger partial charge on any atom is 0.496 e. The van der Waals surface area contributed by atoms with Gasteiger partial charge in [0.25, 0.3) is 5.91 Å². The Balaban J connectivity index is 1.25. The summed E-state index contributed by atoms with van der Waals surface area (Å²) in [6, 6.07) is 13.0. The van der Waals surface area contributed by atoms with Crippen molar-refractivity contribution in [3.05, 3.63) is 82.3 Å². The van der Waals surface area contributed by atoms with Crippen LogP contribution >= 0.6 is 11.6 Å². The van der Waals surface area contributed by atoms with E-state index in [4.69, 9.17) is 20.9 Å². The lowest BCUT2D eigenvalue weighted by molar-refractivity contribution is 0.00578. The molecule has 0 atom stereocenters. The Kier molecular flexibility index (Phi) is 8.00. The predicted octanol–water partition coefficient (Wildman–Crippen LogP) is 5.31. The van der Waals surface area contributed by atoms with Crippen LogP contribution in [0.1, 0.15) is 67.9 Å². The maximum atomic E-state index is 13.6. The number of sulfonamides is 1. The average molecular weight is 653 g/mol. The van der Waals surface area contributed by atoms with Gasteiger partial charge in [0.2, 0.25) is 10.0 Å². The number of carbonyl (C=O) groups is 1. The number of hydrogen-bond donors (Lipinski definition) is 2. The zero-order valence-electron chi connectivity index (χ0n) is 25.8. The Bertz CT molecular complexity index is 1890. The molecule has 6 rings (SSSR count). The molecule has 2 aromatic carbocycles. The smallest absolute Gasteiger partial charge is 0.399 e. The lowest BCUT2D eigenvalue weighted by Crippen LogP contribution is -2.41. The van der Waals surface area contributed by atoms with Gasteiger partial charge in [0, 0.05) is 23.1 Å². The first kappa shape index (κ1) is 31.5. The second-order valence-electron chi connectivity index (χ2n) is 12.7. The second-order valence-corrected chi connectivity index (χ2v) is 14.9. The molecule has 236 valence electrons. The molecule has 2 aliphatic rings. The number of anilines is 1. The Morgan fingerprint density at radius 3 is 2.36 bits per heavy atom. The molecule has 0 unspecified atom stereocenters. The van der Waals surface area contributed by atoms with E-state index >= 15 is 0 Å². The molecule has 0 radical (unpaired) electrons. The third-order valence-electron chi connectivity index (χ3n) is 8.89. The third kappa shape index (κ3) is 6.21. The molecule has 4 aromatic rings. The molecule has 1 aliphatic carbocycles. The normalized spacial score (nSPS) is 17.5. The monoisotopic (exact) mass is 652 g/mol. The fraction of sp³-hybridized carbons (Fsp3) is 0.375. The van der Waals surface area contributed by atoms with Crippen LogP contribution in [-0.2, 0) is 25.8 Å². The third-order valence-corrected chi connectivity index (χ3v) is 10.5. The molecule has 3 heterocycles. The van der Waals surface area contributed by atoms with Gasteiger partial charge >= 0.3 is 7.12 Å². The van der Waals surface area contributed by atoms with Crippen molar-refractivity contribution in [2.75, 3.05) is 17.5 Å². The van der Waals surface area contributed by atoms with Gasteiger partial charge in [-0.25, -0.2) is 17.3 Å². The molecule has 2 N–H and O–H groups in total. The Hall–Kier alpha value is -3.45. The molecule has 1 aliphatic heterocycles. The van der Waals surface area contributed by atoms with Crippen LogP contribution in [-0.4, -0.2) is 55.1 Å². The maximum absolute atomic E-state index is 13.6. The predicted molar refractivity (Wildman–Crippen MR) is 174 cm³/mol. The Morgan fingerprint density at radius 2 is 1.76 bits per heavy atom. The fourth-order valence-electron chi connectivity index (χ4n) is 5.44. The number of nitrogens with zero attached hydrogens (tertiary/aromatic N) is 2. The van der Waals surface area contributed by atoms with Crippen LogP contribution < -0.4 is 15.5 Å². The van der Waals surface area contributed by atoms with Gasteiger partial charge in [-0.3, -0.25) is 9.52 Å². The van der Waals surface area contributed by atoms with Crippen molar-refractivity contribution in [1.82, 2.24) is 14.9 Å². The van der Waals surface area contributed by atoms with Gasteiger partial charge in [-0.2, -0.15) is 5.10 Å². The van der Waals surface area contributed by atoms with Crippen molar-refractivity contribution in [2.45, 2.75) is 64.1 Å². The van der Waals surface area contributed by atoms with Crippen LogP contribution in [0.25, 0.3) is 16.8 Å². The van der Waals surface area contributed by atoms with Crippen LogP contribution in [0.3, 0.4) is 0 Å². The fourth-order valence-corrected chi connectivity index (χ4v) is 6.84. The molecule has 45 heavy (non-hydrogen) atoms. The van der Waals surface area contributed by atoms with Crippen molar-refractivity contribution in [1.29, 1.82) is 0 Å². The molecule has 1 saturated heterocycles. The van der Waals surface area contributed by atoms with Gasteiger partial charge in [0.15, 0.2) is 0 Å². The van der Waals surface area contributed by atoms with Crippen molar-refractivity contribution in [2.24, 2.45) is 0 Å². The summed E-state index contributed by atoms with van der Waals surface area (Å²) < 4.78 is 56.9. The van der Waals surface area contributed by atoms with Crippen LogP contribution in [0, 0.1) is 5.82 Å². The first-order valence-electron chi connectivity index (χ1n) is 14.9. The highest BCUT2D eigenvalue weighted by atomic mass is 35.5. The number of hydrogen-bond acceptors (Lipinski definition) is 6. The molecule has 2 fully saturated rings. The largest absolute Gasteiger partial charge is 0.496 e. The van der Waals surface area contributed by atoms with E-state index in [2.05, 4.69) is 15.1 Å². The van der Waals surface area contributed by atoms with Gasteiger partial charge in [0.05, 0.1) is 39.9 Å². The summed E-state index contributed by atoms with van der Waals surface area (Å²) in [5, 5.41) is 7.72. The molecular formula is C32H35BClFN4O5S. The summed E-state index contributed by atoms with van der Waals surface area (Å²) in [6.45, 7) is 7.88. The van der Waals surface area contributed by atoms with Crippen molar-refractivity contribution < 1.29 is 26.9 Å². The molecule has 2 aromatic heterocycles. The zero-order chi connectivity index (χ0) is 32.3. The van der Waals surface area contributed by atoms with Crippen LogP contribution in [0.4, 0.5) is 10.1 Å². The van der Waals surface area contributed by atoms with Crippen molar-refractivity contribution in [3.63, 3.8) is 0 Å². The van der Waals surface area contributed by atoms with Gasteiger partial charge in [-0.1, -0.05) is 23.7 Å². The number of halogens is 2. The minimum absolute atomic E-state index is 0.163. The van der Waals surface area contributed by atoms with E-state index in [1.54, 1.807) is 24.4 Å². The van der Waals surface area contributed by atoms with Gasteiger partial charge < -0.3 is 14.6 Å². The van der Waals surface area contributed by atoms with Gasteiger partial charge in [-0.15, -0.1) is 0 Å². The van der Waals surface area contributed by atoms with E-state index in [1.807, 2.05) is 45.9 Å². The topological polar surface area (TPSA) is 111 Å². The van der Waals surface area contributed by atoms with Crippen molar-refractivity contribution in [3.8, 4) is 11.3 Å². The number of rotatable bonds is 9. The zero-order valence-corrected chi connectivity index (χ0v) is 27.4. The lowest BCUT2D eigenvalue weighted by atomic mass is 9.78. The second kappa shape index (κ2) is 11.4. The van der Waals surface area contributed by atoms with E-state index in [9.17, 15) is 17.6 Å². The van der Waals surface area contributed by atoms with E-state index in [0.29, 0.717) is 38.5 Å². The van der Waals surface area contributed by atoms with Crippen LogP contribution in [0.5, 0.6) is 0 Å². The number of aromatic nitrogens is 2. The summed E-state index contributed by atoms with van der Waals surface area (Å²) >= 11 is 6.61. The standard InChI is InChI=1S/C32H35BClFN4O5S/c1-31(2)32(3,4)44-33(43-31)24-13-6-19(16-25(24)34)14-15-45(41,42)38-26-18-39-27(17-23(26)20-7-8-20)28(30(40)36-5)29(37-39)21-9-11-22(35)12-10-21/h6,9-13,16-18,20,38H,7-8,14-15H2,1-5H3,(H,36,40). The number of pyridine rings is 1. The highest BCUT2D eigenvalue weighted by molar-refractivity contribution is 7.92. The summed E-state index contributed by atoms with van der Waals surface area (Å²) in [4.78, 5) is 13.0. The lowest BCUT2D eigenvalue weighted by Gasteiger charge is -2.32. The number of amides is 1. The van der Waals surface area contributed by atoms with Crippen LogP contribution in [0.15, 0.2) is 54.7 Å². The molecule has 0 bridgehead atoms. The first-order valence-corrected chi connectivity index (χ1v) is 16.9. The highest BCUT2D eigenvalue weighted by Gasteiger charge is 2.52. The number of fused-ring (bicyclic) bond motifs is 1. The van der Waals surface area contributed by atoms with Crippen molar-refractivity contribution >= 4 is 51.3 Å². The minimum Gasteiger partial charge on any atom is -0.399 e. The summed E-state index contributed by atoms with van der Waals surface area (Å²) in [5.74, 6) is -0.761. The van der Waals surface area contributed by atoms with E-state index in [-0.39, 0.29) is 24.0 Å². The van der Waals surface area contributed by atoms with E-state index < -0.39 is 34.2 Å². The number of aryl methyl sites for hydroxylation is 1. The Morgan fingerprint density at radius 1 is 1.09 bits per heavy atom. The molecule has 9 nitrogen and oxygen atoms in total. The summed E-state index contributed by atoms with van der Waals surface area (Å²) in [5.41, 5.74) is 3.46. The number of benzene rings is 2. The molecular weight excluding hydrogens is 618 g/mol. The van der Waals surface area contributed by atoms with E-state index in [0.717, 1.165) is 24.0 Å². The number of nitrogens with one attached hydrogen (secondary N) is 2. The minimum atomic E-state index is -3.78. The van der Waals surface area contributed by atoms with Crippen LogP contribution in [0.2, 0.25) is 5.02 Å². The molecule has 13 heteroatoms. The highest BCUT2D eigenvalue weighted by Crippen LogP contribution is 2.45. The molecule has 0 spiro atoms. The van der Waals surface area contributed by atoms with E-state index in [1.165, 1.54) is 23.7 Å². The molecule has 1 saturated carbocycles. The SMILES string of the molecule is CNC(=O)c1c(-c2ccc(F)cc2)nn2cc(NS(=O)(=O)CCc3ccc(B4OC(C)(C)C(C)(C)O4)c(Cl)c3)c(C3CC3)cc12. The van der Waals surface area contributed by atoms with Gasteiger partial charge in [-0.05, 0) is 100 Å². The van der Waals surface area contributed by atoms with Gasteiger partial charge in [0.1, 0.15) is 11.5 Å². The Labute approximate surface area is 267 Å². The first-order chi connectivity index (χ1) is 21.2. The number of carbonyl (C=O) groups excluding carboxylic acids is 1. The quantitative estimate of drug-likeness (QED) is 0.237. The summed E-state index contributed by atoms with van der Waals surface area (Å²) in [7, 11) is -2.87. The average Bonchev–Trinajstić information content (AvgIpc) is 3.71.